The predicted molar refractivity (Wildman–Crippen MR) is 163 cm³/mol. The molecule has 0 spiro atoms. The summed E-state index contributed by atoms with van der Waals surface area (Å²) in [7, 11) is 0. The first kappa shape index (κ1) is 24.6. The van der Waals surface area contributed by atoms with Gasteiger partial charge in [0.1, 0.15) is 0 Å². The monoisotopic (exact) mass is 490 g/mol. The van der Waals surface area contributed by atoms with Gasteiger partial charge in [-0.15, -0.1) is 0 Å². The lowest BCUT2D eigenvalue weighted by Crippen LogP contribution is -1.92. The molecule has 0 atom stereocenters. The molecule has 0 aliphatic heterocycles. The van der Waals surface area contributed by atoms with Crippen molar-refractivity contribution in [2.75, 3.05) is 10.6 Å². The number of hydrogen-bond donors (Lipinski definition) is 2. The van der Waals surface area contributed by atoms with Crippen LogP contribution in [0, 0.1) is 0 Å². The lowest BCUT2D eigenvalue weighted by molar-refractivity contribution is 1.53. The number of nitrogens with one attached hydrogen (secondary N) is 2. The van der Waals surface area contributed by atoms with Gasteiger partial charge in [0.25, 0.3) is 0 Å². The maximum absolute atomic E-state index is 3.47. The minimum absolute atomic E-state index is 1.10. The molecule has 38 heavy (non-hydrogen) atoms. The van der Waals surface area contributed by atoms with Gasteiger partial charge in [-0.1, -0.05) is 133 Å². The highest BCUT2D eigenvalue weighted by Gasteiger charge is 2.05. The minimum atomic E-state index is 1.10. The highest BCUT2D eigenvalue weighted by molar-refractivity contribution is 5.81. The van der Waals surface area contributed by atoms with E-state index >= 15 is 0 Å². The Labute approximate surface area is 225 Å². The van der Waals surface area contributed by atoms with Crippen LogP contribution < -0.4 is 10.6 Å². The van der Waals surface area contributed by atoms with E-state index in [1.165, 1.54) is 22.3 Å². The van der Waals surface area contributed by atoms with Crippen molar-refractivity contribution in [1.82, 2.24) is 0 Å². The molecular formula is C36H30N2. The second-order valence-electron chi connectivity index (χ2n) is 8.81. The van der Waals surface area contributed by atoms with Gasteiger partial charge in [-0.2, -0.15) is 0 Å². The summed E-state index contributed by atoms with van der Waals surface area (Å²) in [6, 6.07) is 58.1. The zero-order chi connectivity index (χ0) is 25.8. The Hall–Kier alpha value is -5.08. The van der Waals surface area contributed by atoms with E-state index in [-0.39, 0.29) is 0 Å². The number of rotatable bonds is 6. The molecule has 0 aliphatic carbocycles. The fourth-order valence-electron chi connectivity index (χ4n) is 4.28. The van der Waals surface area contributed by atoms with Crippen molar-refractivity contribution < 1.29 is 0 Å². The summed E-state index contributed by atoms with van der Waals surface area (Å²) < 4.78 is 0. The van der Waals surface area contributed by atoms with Gasteiger partial charge in [0, 0.05) is 33.9 Å². The summed E-state index contributed by atoms with van der Waals surface area (Å²) in [6.07, 6.45) is 0. The van der Waals surface area contributed by atoms with E-state index in [2.05, 4.69) is 132 Å². The average molecular weight is 491 g/mol. The number of anilines is 4. The molecule has 0 heterocycles. The maximum atomic E-state index is 3.47. The molecule has 0 saturated carbocycles. The summed E-state index contributed by atoms with van der Waals surface area (Å²) in [4.78, 5) is 0. The van der Waals surface area contributed by atoms with E-state index in [9.17, 15) is 0 Å². The molecule has 0 bridgehead atoms. The van der Waals surface area contributed by atoms with Crippen molar-refractivity contribution in [2.24, 2.45) is 0 Å². The van der Waals surface area contributed by atoms with Gasteiger partial charge in [0.2, 0.25) is 0 Å². The predicted octanol–water partition coefficient (Wildman–Crippen LogP) is 10.2. The summed E-state index contributed by atoms with van der Waals surface area (Å²) in [5.74, 6) is 0. The highest BCUT2D eigenvalue weighted by Crippen LogP contribution is 2.31. The Morgan fingerprint density at radius 2 is 0.553 bits per heavy atom. The minimum Gasteiger partial charge on any atom is -0.355 e. The van der Waals surface area contributed by atoms with E-state index in [1.807, 2.05) is 48.5 Å². The fraction of sp³-hybridized carbons (Fsp3) is 0. The van der Waals surface area contributed by atoms with Gasteiger partial charge in [-0.05, 0) is 47.5 Å². The molecule has 2 heteroatoms. The smallest absolute Gasteiger partial charge is 0.0463 e. The van der Waals surface area contributed by atoms with Gasteiger partial charge in [0.05, 0.1) is 0 Å². The Morgan fingerprint density at radius 1 is 0.263 bits per heavy atom. The molecule has 0 aliphatic rings. The lowest BCUT2D eigenvalue weighted by Gasteiger charge is -2.12. The normalized spacial score (nSPS) is 10.1. The van der Waals surface area contributed by atoms with Crippen LogP contribution >= 0.6 is 0 Å². The molecule has 6 aromatic carbocycles. The van der Waals surface area contributed by atoms with Crippen LogP contribution in [0.2, 0.25) is 0 Å². The topological polar surface area (TPSA) is 24.1 Å². The fourth-order valence-corrected chi connectivity index (χ4v) is 4.28. The molecule has 0 amide bonds. The Kier molecular flexibility index (Phi) is 8.26. The highest BCUT2D eigenvalue weighted by atomic mass is 14.9. The average Bonchev–Trinajstić information content (AvgIpc) is 3.00. The van der Waals surface area contributed by atoms with E-state index in [0.29, 0.717) is 0 Å². The summed E-state index contributed by atoms with van der Waals surface area (Å²) in [5.41, 5.74) is 9.33. The Balaban J connectivity index is 0.000000155. The van der Waals surface area contributed by atoms with Gasteiger partial charge in [-0.3, -0.25) is 0 Å². The van der Waals surface area contributed by atoms with Crippen LogP contribution in [0.1, 0.15) is 0 Å². The first-order valence-corrected chi connectivity index (χ1v) is 12.8. The Bertz CT molecular complexity index is 1410. The molecule has 0 radical (unpaired) electrons. The number of benzene rings is 6. The van der Waals surface area contributed by atoms with Crippen LogP contribution in [-0.4, -0.2) is 0 Å². The van der Waals surface area contributed by atoms with Crippen LogP contribution in [0.3, 0.4) is 0 Å². The SMILES string of the molecule is c1ccc(Nc2ccccc2-c2ccccc2)cc1.c1ccc(Nc2ccccc2-c2ccccc2)cc1. The van der Waals surface area contributed by atoms with Crippen molar-refractivity contribution in [3.63, 3.8) is 0 Å². The molecule has 2 nitrogen and oxygen atoms in total. The summed E-state index contributed by atoms with van der Waals surface area (Å²) >= 11 is 0. The number of hydrogen-bond acceptors (Lipinski definition) is 2. The molecule has 6 rings (SSSR count). The molecule has 2 N–H and O–H groups in total. The van der Waals surface area contributed by atoms with Crippen LogP contribution in [0.25, 0.3) is 22.3 Å². The van der Waals surface area contributed by atoms with Crippen LogP contribution in [-0.2, 0) is 0 Å². The molecule has 0 fully saturated rings. The third-order valence-corrected chi connectivity index (χ3v) is 6.13. The third kappa shape index (κ3) is 6.57. The molecular weight excluding hydrogens is 460 g/mol. The van der Waals surface area contributed by atoms with Crippen molar-refractivity contribution in [2.45, 2.75) is 0 Å². The van der Waals surface area contributed by atoms with Crippen LogP contribution in [0.4, 0.5) is 22.7 Å². The first-order chi connectivity index (χ1) is 18.9. The van der Waals surface area contributed by atoms with Crippen molar-refractivity contribution in [3.05, 3.63) is 170 Å². The van der Waals surface area contributed by atoms with Crippen LogP contribution in [0.15, 0.2) is 170 Å². The van der Waals surface area contributed by atoms with E-state index in [4.69, 9.17) is 0 Å². The van der Waals surface area contributed by atoms with Gasteiger partial charge in [0.15, 0.2) is 0 Å². The molecule has 184 valence electrons. The Morgan fingerprint density at radius 3 is 0.921 bits per heavy atom. The lowest BCUT2D eigenvalue weighted by atomic mass is 10.0. The molecule has 0 saturated heterocycles. The quantitative estimate of drug-likeness (QED) is 0.243. The van der Waals surface area contributed by atoms with Gasteiger partial charge < -0.3 is 10.6 Å². The molecule has 6 aromatic rings. The van der Waals surface area contributed by atoms with E-state index in [1.54, 1.807) is 0 Å². The zero-order valence-electron chi connectivity index (χ0n) is 21.2. The second kappa shape index (κ2) is 12.8. The standard InChI is InChI=1S/2C18H15N/c2*1-3-9-15(10-4-1)17-13-7-8-14-18(17)19-16-11-5-2-6-12-16/h2*1-14,19H. The largest absolute Gasteiger partial charge is 0.355 e. The molecule has 0 aromatic heterocycles. The van der Waals surface area contributed by atoms with E-state index in [0.717, 1.165) is 22.7 Å². The van der Waals surface area contributed by atoms with Crippen molar-refractivity contribution in [3.8, 4) is 22.3 Å². The first-order valence-electron chi connectivity index (χ1n) is 12.8. The maximum Gasteiger partial charge on any atom is 0.0463 e. The third-order valence-electron chi connectivity index (χ3n) is 6.13. The number of para-hydroxylation sites is 4. The van der Waals surface area contributed by atoms with Crippen molar-refractivity contribution >= 4 is 22.7 Å². The zero-order valence-corrected chi connectivity index (χ0v) is 21.2. The molecule has 0 unspecified atom stereocenters. The second-order valence-corrected chi connectivity index (χ2v) is 8.81. The van der Waals surface area contributed by atoms with Crippen molar-refractivity contribution in [1.29, 1.82) is 0 Å². The summed E-state index contributed by atoms with van der Waals surface area (Å²) in [5, 5.41) is 6.94. The van der Waals surface area contributed by atoms with E-state index < -0.39 is 0 Å². The van der Waals surface area contributed by atoms with Gasteiger partial charge >= 0.3 is 0 Å². The van der Waals surface area contributed by atoms with Crippen LogP contribution in [0.5, 0.6) is 0 Å². The summed E-state index contributed by atoms with van der Waals surface area (Å²) in [6.45, 7) is 0. The van der Waals surface area contributed by atoms with Gasteiger partial charge in [-0.25, -0.2) is 0 Å².